The summed E-state index contributed by atoms with van der Waals surface area (Å²) in [6.45, 7) is 3.10. The number of carbonyl (C=O) groups is 1. The molecule has 0 aromatic heterocycles. The van der Waals surface area contributed by atoms with Gasteiger partial charge in [0.2, 0.25) is 5.91 Å². The van der Waals surface area contributed by atoms with Crippen molar-refractivity contribution in [2.75, 3.05) is 6.54 Å². The topological polar surface area (TPSA) is 55.1 Å². The van der Waals surface area contributed by atoms with Crippen LogP contribution in [0.1, 0.15) is 51.9 Å². The van der Waals surface area contributed by atoms with Gasteiger partial charge in [0, 0.05) is 12.6 Å². The lowest BCUT2D eigenvalue weighted by atomic mass is 9.67. The summed E-state index contributed by atoms with van der Waals surface area (Å²) in [5.74, 6) is 0.277. The van der Waals surface area contributed by atoms with Crippen LogP contribution in [0.15, 0.2) is 0 Å². The maximum absolute atomic E-state index is 12.0. The number of halogens is 1. The van der Waals surface area contributed by atoms with Crippen LogP contribution in [0.2, 0.25) is 0 Å². The first-order valence-electron chi connectivity index (χ1n) is 6.70. The molecule has 3 N–H and O–H groups in total. The number of amides is 1. The van der Waals surface area contributed by atoms with Crippen molar-refractivity contribution < 1.29 is 4.79 Å². The Bertz CT molecular complexity index is 261. The van der Waals surface area contributed by atoms with Gasteiger partial charge in [-0.15, -0.1) is 12.4 Å². The Labute approximate surface area is 110 Å². The zero-order valence-corrected chi connectivity index (χ0v) is 11.5. The molecule has 0 spiro atoms. The lowest BCUT2D eigenvalue weighted by Gasteiger charge is -2.41. The van der Waals surface area contributed by atoms with E-state index in [0.29, 0.717) is 5.41 Å². The van der Waals surface area contributed by atoms with Crippen LogP contribution >= 0.6 is 12.4 Å². The first-order valence-corrected chi connectivity index (χ1v) is 6.70. The van der Waals surface area contributed by atoms with Gasteiger partial charge in [-0.1, -0.05) is 19.8 Å². The van der Waals surface area contributed by atoms with Crippen LogP contribution in [0, 0.1) is 11.3 Å². The third-order valence-corrected chi connectivity index (χ3v) is 4.71. The van der Waals surface area contributed by atoms with Crippen LogP contribution < -0.4 is 11.1 Å². The summed E-state index contributed by atoms with van der Waals surface area (Å²) >= 11 is 0. The molecule has 2 fully saturated rings. The van der Waals surface area contributed by atoms with E-state index < -0.39 is 0 Å². The molecular formula is C13H25ClN2O. The molecule has 3 nitrogen and oxygen atoms in total. The molecule has 0 saturated heterocycles. The van der Waals surface area contributed by atoms with Crippen molar-refractivity contribution in [2.45, 2.75) is 57.9 Å². The lowest BCUT2D eigenvalue weighted by Crippen LogP contribution is -2.45. The third kappa shape index (κ3) is 3.14. The van der Waals surface area contributed by atoms with E-state index in [2.05, 4.69) is 12.2 Å². The Hall–Kier alpha value is -0.280. The highest BCUT2D eigenvalue weighted by atomic mass is 35.5. The molecule has 0 aliphatic heterocycles. The van der Waals surface area contributed by atoms with Gasteiger partial charge < -0.3 is 11.1 Å². The van der Waals surface area contributed by atoms with E-state index in [0.717, 1.165) is 25.8 Å². The maximum Gasteiger partial charge on any atom is 0.224 e. The van der Waals surface area contributed by atoms with Crippen LogP contribution in [0.3, 0.4) is 0 Å². The fourth-order valence-corrected chi connectivity index (χ4v) is 3.05. The molecule has 17 heavy (non-hydrogen) atoms. The summed E-state index contributed by atoms with van der Waals surface area (Å²) in [7, 11) is 0. The van der Waals surface area contributed by atoms with Crippen molar-refractivity contribution in [3.8, 4) is 0 Å². The summed E-state index contributed by atoms with van der Waals surface area (Å²) in [5, 5.41) is 3.13. The van der Waals surface area contributed by atoms with Crippen LogP contribution in [0.5, 0.6) is 0 Å². The normalized spacial score (nSPS) is 30.2. The molecule has 0 heterocycles. The minimum atomic E-state index is 0. The van der Waals surface area contributed by atoms with Gasteiger partial charge in [0.05, 0.1) is 5.92 Å². The molecule has 2 atom stereocenters. The van der Waals surface area contributed by atoms with E-state index >= 15 is 0 Å². The molecule has 0 radical (unpaired) electrons. The van der Waals surface area contributed by atoms with E-state index in [1.165, 1.54) is 25.7 Å². The average Bonchev–Trinajstić information content (AvgIpc) is 2.63. The molecule has 0 aromatic rings. The number of hydrogen-bond donors (Lipinski definition) is 2. The van der Waals surface area contributed by atoms with Crippen molar-refractivity contribution >= 4 is 18.3 Å². The van der Waals surface area contributed by atoms with Gasteiger partial charge in [0.1, 0.15) is 0 Å². The summed E-state index contributed by atoms with van der Waals surface area (Å²) < 4.78 is 0. The van der Waals surface area contributed by atoms with E-state index in [4.69, 9.17) is 5.73 Å². The third-order valence-electron chi connectivity index (χ3n) is 4.71. The largest absolute Gasteiger partial charge is 0.355 e. The molecule has 0 aromatic carbocycles. The SMILES string of the molecule is CCC1(CNC(=O)C2CCCC2N)CCC1.Cl. The number of nitrogens with two attached hydrogens (primary N) is 1. The molecule has 2 rings (SSSR count). The Morgan fingerprint density at radius 3 is 2.47 bits per heavy atom. The predicted molar refractivity (Wildman–Crippen MR) is 72.1 cm³/mol. The van der Waals surface area contributed by atoms with Gasteiger partial charge in [0.15, 0.2) is 0 Å². The van der Waals surface area contributed by atoms with E-state index in [1.54, 1.807) is 0 Å². The molecule has 2 saturated carbocycles. The molecule has 0 bridgehead atoms. The van der Waals surface area contributed by atoms with E-state index in [-0.39, 0.29) is 30.3 Å². The van der Waals surface area contributed by atoms with E-state index in [1.807, 2.05) is 0 Å². The number of hydrogen-bond acceptors (Lipinski definition) is 2. The first kappa shape index (κ1) is 14.8. The molecule has 2 aliphatic rings. The second-order valence-corrected chi connectivity index (χ2v) is 5.63. The van der Waals surface area contributed by atoms with Crippen LogP contribution in [-0.2, 0) is 4.79 Å². The minimum Gasteiger partial charge on any atom is -0.355 e. The van der Waals surface area contributed by atoms with E-state index in [9.17, 15) is 4.79 Å². The quantitative estimate of drug-likeness (QED) is 0.815. The van der Waals surface area contributed by atoms with Gasteiger partial charge in [-0.25, -0.2) is 0 Å². The molecular weight excluding hydrogens is 236 g/mol. The maximum atomic E-state index is 12.0. The Balaban J connectivity index is 0.00000144. The van der Waals surface area contributed by atoms with Crippen LogP contribution in [0.4, 0.5) is 0 Å². The monoisotopic (exact) mass is 260 g/mol. The lowest BCUT2D eigenvalue weighted by molar-refractivity contribution is -0.126. The Morgan fingerprint density at radius 2 is 2.06 bits per heavy atom. The summed E-state index contributed by atoms with van der Waals surface area (Å²) in [5.41, 5.74) is 6.35. The standard InChI is InChI=1S/C13H24N2O.ClH/c1-2-13(7-4-8-13)9-15-12(16)10-5-3-6-11(10)14;/h10-11H,2-9,14H2,1H3,(H,15,16);1H. The van der Waals surface area contributed by atoms with Gasteiger partial charge in [0.25, 0.3) is 0 Å². The highest BCUT2D eigenvalue weighted by Crippen LogP contribution is 2.43. The molecule has 2 unspecified atom stereocenters. The smallest absolute Gasteiger partial charge is 0.224 e. The molecule has 4 heteroatoms. The second kappa shape index (κ2) is 6.05. The Kier molecular flexibility index (Phi) is 5.26. The second-order valence-electron chi connectivity index (χ2n) is 5.63. The van der Waals surface area contributed by atoms with Crippen molar-refractivity contribution in [2.24, 2.45) is 17.1 Å². The van der Waals surface area contributed by atoms with Crippen molar-refractivity contribution in [3.05, 3.63) is 0 Å². The number of carbonyl (C=O) groups excluding carboxylic acids is 1. The first-order chi connectivity index (χ1) is 7.67. The Morgan fingerprint density at radius 1 is 1.35 bits per heavy atom. The van der Waals surface area contributed by atoms with Gasteiger partial charge in [-0.2, -0.15) is 0 Å². The molecule has 100 valence electrons. The predicted octanol–water partition coefficient (Wildman–Crippen LogP) is 2.23. The summed E-state index contributed by atoms with van der Waals surface area (Å²) in [4.78, 5) is 12.0. The van der Waals surface area contributed by atoms with Crippen molar-refractivity contribution in [1.82, 2.24) is 5.32 Å². The fourth-order valence-electron chi connectivity index (χ4n) is 3.05. The van der Waals surface area contributed by atoms with Gasteiger partial charge in [-0.05, 0) is 37.5 Å². The van der Waals surface area contributed by atoms with Crippen molar-refractivity contribution in [1.29, 1.82) is 0 Å². The molecule has 1 amide bonds. The van der Waals surface area contributed by atoms with Gasteiger partial charge >= 0.3 is 0 Å². The summed E-state index contributed by atoms with van der Waals surface area (Å²) in [6, 6.07) is 0.0963. The fraction of sp³-hybridized carbons (Fsp3) is 0.923. The zero-order valence-electron chi connectivity index (χ0n) is 10.7. The van der Waals surface area contributed by atoms with Crippen LogP contribution in [0.25, 0.3) is 0 Å². The highest BCUT2D eigenvalue weighted by Gasteiger charge is 2.37. The number of nitrogens with one attached hydrogen (secondary N) is 1. The summed E-state index contributed by atoms with van der Waals surface area (Å²) in [6.07, 6.45) is 8.17. The average molecular weight is 261 g/mol. The minimum absolute atomic E-state index is 0. The molecule has 2 aliphatic carbocycles. The highest BCUT2D eigenvalue weighted by molar-refractivity contribution is 5.85. The van der Waals surface area contributed by atoms with Crippen molar-refractivity contribution in [3.63, 3.8) is 0 Å². The zero-order chi connectivity index (χ0) is 11.6. The van der Waals surface area contributed by atoms with Crippen LogP contribution in [-0.4, -0.2) is 18.5 Å². The van der Waals surface area contributed by atoms with Gasteiger partial charge in [-0.3, -0.25) is 4.79 Å². The number of rotatable bonds is 4.